The van der Waals surface area contributed by atoms with Crippen LogP contribution in [0, 0.1) is 0 Å². The van der Waals surface area contributed by atoms with Crippen LogP contribution in [-0.4, -0.2) is 48.9 Å². The Bertz CT molecular complexity index is 250. The van der Waals surface area contributed by atoms with Crippen LogP contribution in [0.15, 0.2) is 0 Å². The first-order chi connectivity index (χ1) is 6.75. The monoisotopic (exact) mass is 197 g/mol. The van der Waals surface area contributed by atoms with Gasteiger partial charge >= 0.3 is 0 Å². The lowest BCUT2D eigenvalue weighted by atomic mass is 10.3. The van der Waals surface area contributed by atoms with Crippen molar-refractivity contribution in [1.29, 1.82) is 0 Å². The molecule has 78 valence electrons. The summed E-state index contributed by atoms with van der Waals surface area (Å²) in [5.41, 5.74) is 0. The fourth-order valence-electron chi connectivity index (χ4n) is 1.49. The van der Waals surface area contributed by atoms with Crippen molar-refractivity contribution in [2.45, 2.75) is 18.9 Å². The number of piperazine rings is 1. The van der Waals surface area contributed by atoms with Crippen LogP contribution in [-0.2, 0) is 9.59 Å². The number of carbonyl (C=O) groups excluding carboxylic acids is 2. The van der Waals surface area contributed by atoms with Gasteiger partial charge in [-0.25, -0.2) is 0 Å². The predicted octanol–water partition coefficient (Wildman–Crippen LogP) is -1.30. The molecule has 5 heteroatoms. The molecule has 1 heterocycles. The molecule has 2 N–H and O–H groups in total. The second-order valence-corrected chi connectivity index (χ2v) is 3.83. The lowest BCUT2D eigenvalue weighted by Gasteiger charge is -2.26. The molecule has 0 spiro atoms. The van der Waals surface area contributed by atoms with Crippen molar-refractivity contribution in [1.82, 2.24) is 15.5 Å². The van der Waals surface area contributed by atoms with Gasteiger partial charge in [0.25, 0.3) is 0 Å². The van der Waals surface area contributed by atoms with Gasteiger partial charge < -0.3 is 15.5 Å². The first-order valence-electron chi connectivity index (χ1n) is 5.03. The summed E-state index contributed by atoms with van der Waals surface area (Å²) >= 11 is 0. The lowest BCUT2D eigenvalue weighted by molar-refractivity contribution is -0.136. The molecule has 1 saturated carbocycles. The van der Waals surface area contributed by atoms with E-state index in [1.807, 2.05) is 0 Å². The largest absolute Gasteiger partial charge is 0.352 e. The fourth-order valence-corrected chi connectivity index (χ4v) is 1.49. The summed E-state index contributed by atoms with van der Waals surface area (Å²) in [5, 5.41) is 5.84. The van der Waals surface area contributed by atoms with E-state index in [4.69, 9.17) is 0 Å². The average Bonchev–Trinajstić information content (AvgIpc) is 2.93. The Balaban J connectivity index is 1.76. The van der Waals surface area contributed by atoms with Crippen LogP contribution in [0.1, 0.15) is 12.8 Å². The van der Waals surface area contributed by atoms with Gasteiger partial charge in [0.15, 0.2) is 0 Å². The zero-order valence-electron chi connectivity index (χ0n) is 8.08. The molecule has 0 aromatic carbocycles. The molecule has 1 aliphatic carbocycles. The molecule has 5 nitrogen and oxygen atoms in total. The zero-order chi connectivity index (χ0) is 9.97. The summed E-state index contributed by atoms with van der Waals surface area (Å²) in [5.74, 6) is -0.00931. The van der Waals surface area contributed by atoms with E-state index < -0.39 is 0 Å². The SMILES string of the molecule is O=C(CN1CCNCC1=O)NC1CC1. The molecular weight excluding hydrogens is 182 g/mol. The predicted molar refractivity (Wildman–Crippen MR) is 50.6 cm³/mol. The van der Waals surface area contributed by atoms with Crippen molar-refractivity contribution in [2.24, 2.45) is 0 Å². The van der Waals surface area contributed by atoms with Crippen LogP contribution in [0.5, 0.6) is 0 Å². The van der Waals surface area contributed by atoms with Crippen LogP contribution in [0.2, 0.25) is 0 Å². The van der Waals surface area contributed by atoms with Gasteiger partial charge in [-0.15, -0.1) is 0 Å². The van der Waals surface area contributed by atoms with Crippen molar-refractivity contribution >= 4 is 11.8 Å². The molecule has 2 amide bonds. The Morgan fingerprint density at radius 1 is 1.57 bits per heavy atom. The Hall–Kier alpha value is -1.10. The average molecular weight is 197 g/mol. The third-order valence-electron chi connectivity index (χ3n) is 2.46. The van der Waals surface area contributed by atoms with Crippen molar-refractivity contribution in [3.63, 3.8) is 0 Å². The van der Waals surface area contributed by atoms with Gasteiger partial charge in [0, 0.05) is 19.1 Å². The molecule has 0 aromatic rings. The van der Waals surface area contributed by atoms with E-state index in [9.17, 15) is 9.59 Å². The highest BCUT2D eigenvalue weighted by Crippen LogP contribution is 2.18. The number of hydrogen-bond donors (Lipinski definition) is 2. The Kier molecular flexibility index (Phi) is 2.67. The van der Waals surface area contributed by atoms with Crippen LogP contribution in [0.3, 0.4) is 0 Å². The van der Waals surface area contributed by atoms with E-state index in [1.165, 1.54) is 0 Å². The second-order valence-electron chi connectivity index (χ2n) is 3.83. The zero-order valence-corrected chi connectivity index (χ0v) is 8.08. The normalized spacial score (nSPS) is 22.3. The van der Waals surface area contributed by atoms with E-state index in [0.29, 0.717) is 19.1 Å². The molecule has 0 bridgehead atoms. The van der Waals surface area contributed by atoms with Gasteiger partial charge in [0.2, 0.25) is 11.8 Å². The number of rotatable bonds is 3. The summed E-state index contributed by atoms with van der Waals surface area (Å²) in [6, 6.07) is 0.375. The second kappa shape index (κ2) is 3.96. The van der Waals surface area contributed by atoms with Gasteiger partial charge in [-0.05, 0) is 12.8 Å². The van der Waals surface area contributed by atoms with Crippen LogP contribution >= 0.6 is 0 Å². The molecule has 1 saturated heterocycles. The molecule has 2 fully saturated rings. The molecule has 1 aliphatic heterocycles. The molecule has 2 rings (SSSR count). The quantitative estimate of drug-likeness (QED) is 0.591. The maximum atomic E-state index is 11.4. The van der Waals surface area contributed by atoms with Crippen molar-refractivity contribution in [3.8, 4) is 0 Å². The first kappa shape index (κ1) is 9.45. The summed E-state index contributed by atoms with van der Waals surface area (Å²) in [7, 11) is 0. The van der Waals surface area contributed by atoms with Crippen molar-refractivity contribution in [3.05, 3.63) is 0 Å². The molecule has 0 unspecified atom stereocenters. The molecule has 14 heavy (non-hydrogen) atoms. The Morgan fingerprint density at radius 2 is 2.36 bits per heavy atom. The number of carbonyl (C=O) groups is 2. The van der Waals surface area contributed by atoms with Gasteiger partial charge in [0.1, 0.15) is 0 Å². The third kappa shape index (κ3) is 2.45. The molecule has 0 atom stereocenters. The van der Waals surface area contributed by atoms with Gasteiger partial charge in [-0.1, -0.05) is 0 Å². The summed E-state index contributed by atoms with van der Waals surface area (Å²) in [6.07, 6.45) is 2.17. The number of hydrogen-bond acceptors (Lipinski definition) is 3. The maximum absolute atomic E-state index is 11.4. The minimum absolute atomic E-state index is 0.0159. The lowest BCUT2D eigenvalue weighted by Crippen LogP contribution is -2.51. The van der Waals surface area contributed by atoms with Crippen molar-refractivity contribution in [2.75, 3.05) is 26.2 Å². The third-order valence-corrected chi connectivity index (χ3v) is 2.46. The number of amides is 2. The standard InChI is InChI=1S/C9H15N3O2/c13-8(11-7-1-2-7)6-12-4-3-10-5-9(12)14/h7,10H,1-6H2,(H,11,13). The van der Waals surface area contributed by atoms with E-state index in [2.05, 4.69) is 10.6 Å². The van der Waals surface area contributed by atoms with Crippen LogP contribution in [0.4, 0.5) is 0 Å². The smallest absolute Gasteiger partial charge is 0.239 e. The van der Waals surface area contributed by atoms with E-state index >= 15 is 0 Å². The van der Waals surface area contributed by atoms with Gasteiger partial charge in [0.05, 0.1) is 13.1 Å². The van der Waals surface area contributed by atoms with E-state index in [0.717, 1.165) is 19.4 Å². The minimum Gasteiger partial charge on any atom is -0.352 e. The van der Waals surface area contributed by atoms with Gasteiger partial charge in [-0.3, -0.25) is 9.59 Å². The topological polar surface area (TPSA) is 61.4 Å². The maximum Gasteiger partial charge on any atom is 0.239 e. The summed E-state index contributed by atoms with van der Waals surface area (Å²) < 4.78 is 0. The Labute approximate surface area is 82.8 Å². The fraction of sp³-hybridized carbons (Fsp3) is 0.778. The Morgan fingerprint density at radius 3 is 3.00 bits per heavy atom. The van der Waals surface area contributed by atoms with E-state index in [-0.39, 0.29) is 18.4 Å². The van der Waals surface area contributed by atoms with Gasteiger partial charge in [-0.2, -0.15) is 0 Å². The van der Waals surface area contributed by atoms with Crippen LogP contribution < -0.4 is 10.6 Å². The molecule has 0 radical (unpaired) electrons. The highest BCUT2D eigenvalue weighted by molar-refractivity contribution is 5.86. The molecular formula is C9H15N3O2. The highest BCUT2D eigenvalue weighted by Gasteiger charge is 2.25. The van der Waals surface area contributed by atoms with E-state index in [1.54, 1.807) is 4.90 Å². The first-order valence-corrected chi connectivity index (χ1v) is 5.03. The molecule has 0 aromatic heterocycles. The number of nitrogens with one attached hydrogen (secondary N) is 2. The summed E-state index contributed by atoms with van der Waals surface area (Å²) in [4.78, 5) is 24.3. The number of nitrogens with zero attached hydrogens (tertiary/aromatic N) is 1. The summed E-state index contributed by atoms with van der Waals surface area (Å²) in [6.45, 7) is 1.99. The van der Waals surface area contributed by atoms with Crippen LogP contribution in [0.25, 0.3) is 0 Å². The minimum atomic E-state index is -0.0252. The highest BCUT2D eigenvalue weighted by atomic mass is 16.2. The molecule has 2 aliphatic rings. The van der Waals surface area contributed by atoms with Crippen molar-refractivity contribution < 1.29 is 9.59 Å².